The number of fused-ring (bicyclic) bond motifs is 1. The molecule has 2 aromatic rings. The number of aromatic nitrogens is 4. The average molecular weight is 315 g/mol. The van der Waals surface area contributed by atoms with Crippen molar-refractivity contribution in [1.82, 2.24) is 30.4 Å². The Morgan fingerprint density at radius 2 is 2.22 bits per heavy atom. The summed E-state index contributed by atoms with van der Waals surface area (Å²) in [6.45, 7) is 1.19. The van der Waals surface area contributed by atoms with Crippen LogP contribution in [0.3, 0.4) is 0 Å². The van der Waals surface area contributed by atoms with Crippen molar-refractivity contribution in [3.8, 4) is 0 Å². The fraction of sp³-hybridized carbons (Fsp3) is 0.357. The van der Waals surface area contributed by atoms with E-state index in [4.69, 9.17) is 5.73 Å². The van der Waals surface area contributed by atoms with Gasteiger partial charge in [-0.3, -0.25) is 4.79 Å². The predicted molar refractivity (Wildman–Crippen MR) is 80.1 cm³/mol. The maximum atomic E-state index is 12.2. The van der Waals surface area contributed by atoms with Crippen molar-refractivity contribution in [2.24, 2.45) is 12.8 Å². The van der Waals surface area contributed by atoms with E-state index in [0.29, 0.717) is 30.9 Å². The highest BCUT2D eigenvalue weighted by molar-refractivity contribution is 5.94. The molecule has 0 fully saturated rings. The number of nitrogens with zero attached hydrogens (tertiary/aromatic N) is 5. The Morgan fingerprint density at radius 1 is 1.39 bits per heavy atom. The summed E-state index contributed by atoms with van der Waals surface area (Å²) in [7, 11) is 1.66. The maximum absolute atomic E-state index is 12.2. The van der Waals surface area contributed by atoms with E-state index < -0.39 is 5.91 Å². The largest absolute Gasteiger partial charge is 0.366 e. The molecule has 0 bridgehead atoms. The first-order valence-electron chi connectivity index (χ1n) is 7.21. The van der Waals surface area contributed by atoms with Gasteiger partial charge in [-0.2, -0.15) is 4.80 Å². The van der Waals surface area contributed by atoms with Gasteiger partial charge in [-0.1, -0.05) is 12.1 Å². The van der Waals surface area contributed by atoms with Gasteiger partial charge in [0.2, 0.25) is 5.91 Å². The lowest BCUT2D eigenvalue weighted by atomic mass is 9.94. The normalized spacial score (nSPS) is 13.5. The molecule has 3 rings (SSSR count). The van der Waals surface area contributed by atoms with Gasteiger partial charge in [-0.15, -0.1) is 10.2 Å². The molecule has 1 aliphatic rings. The minimum absolute atomic E-state index is 0.201. The van der Waals surface area contributed by atoms with Crippen LogP contribution >= 0.6 is 0 Å². The molecule has 9 nitrogen and oxygen atoms in total. The zero-order valence-corrected chi connectivity index (χ0v) is 12.7. The number of rotatable bonds is 3. The lowest BCUT2D eigenvalue weighted by molar-refractivity contribution is 0.0999. The van der Waals surface area contributed by atoms with Crippen LogP contribution in [0.4, 0.5) is 4.79 Å². The number of urea groups is 1. The Kier molecular flexibility index (Phi) is 3.92. The Hall–Kier alpha value is -2.97. The topological polar surface area (TPSA) is 119 Å². The molecule has 0 aliphatic carbocycles. The zero-order chi connectivity index (χ0) is 16.4. The maximum Gasteiger partial charge on any atom is 0.318 e. The van der Waals surface area contributed by atoms with Crippen molar-refractivity contribution in [1.29, 1.82) is 0 Å². The number of nitrogens with two attached hydrogens (primary N) is 1. The monoisotopic (exact) mass is 315 g/mol. The molecule has 2 heterocycles. The third kappa shape index (κ3) is 3.12. The van der Waals surface area contributed by atoms with Gasteiger partial charge >= 0.3 is 6.03 Å². The summed E-state index contributed by atoms with van der Waals surface area (Å²) in [5.74, 6) is 0.0164. The standard InChI is InChI=1S/C14H17N7O2/c1-20-18-12(17-19-20)7-16-14(23)21-6-5-10-9(8-21)3-2-4-11(10)13(15)22/h2-4H,5-8H2,1H3,(H2,15,22)(H,16,23). The van der Waals surface area contributed by atoms with Crippen molar-refractivity contribution in [2.75, 3.05) is 6.54 Å². The molecule has 0 atom stereocenters. The number of nitrogens with one attached hydrogen (secondary N) is 1. The Bertz CT molecular complexity index is 755. The highest BCUT2D eigenvalue weighted by Gasteiger charge is 2.23. The van der Waals surface area contributed by atoms with Crippen LogP contribution in [0.1, 0.15) is 27.3 Å². The number of hydrogen-bond donors (Lipinski definition) is 2. The molecule has 9 heteroatoms. The molecule has 0 unspecified atom stereocenters. The zero-order valence-electron chi connectivity index (χ0n) is 12.7. The van der Waals surface area contributed by atoms with E-state index in [2.05, 4.69) is 20.7 Å². The van der Waals surface area contributed by atoms with Crippen LogP contribution in [0, 0.1) is 0 Å². The summed E-state index contributed by atoms with van der Waals surface area (Å²) in [6, 6.07) is 5.21. The molecule has 0 saturated carbocycles. The van der Waals surface area contributed by atoms with Crippen LogP contribution in [-0.2, 0) is 26.6 Å². The van der Waals surface area contributed by atoms with Gasteiger partial charge in [0.25, 0.3) is 0 Å². The Morgan fingerprint density at radius 3 is 2.91 bits per heavy atom. The summed E-state index contributed by atoms with van der Waals surface area (Å²) < 4.78 is 0. The van der Waals surface area contributed by atoms with Crippen molar-refractivity contribution < 1.29 is 9.59 Å². The third-order valence-corrected chi connectivity index (χ3v) is 3.77. The van der Waals surface area contributed by atoms with E-state index in [1.165, 1.54) is 4.80 Å². The molecule has 0 radical (unpaired) electrons. The molecule has 1 aromatic heterocycles. The number of benzene rings is 1. The van der Waals surface area contributed by atoms with Gasteiger partial charge in [0, 0.05) is 18.7 Å². The van der Waals surface area contributed by atoms with E-state index in [9.17, 15) is 9.59 Å². The highest BCUT2D eigenvalue weighted by Crippen LogP contribution is 2.22. The van der Waals surface area contributed by atoms with Gasteiger partial charge in [0.1, 0.15) is 0 Å². The van der Waals surface area contributed by atoms with E-state index in [0.717, 1.165) is 11.1 Å². The minimum Gasteiger partial charge on any atom is -0.366 e. The van der Waals surface area contributed by atoms with Crippen molar-refractivity contribution in [3.05, 3.63) is 40.7 Å². The SMILES string of the molecule is Cn1nnc(CNC(=O)N2CCc3c(cccc3C(N)=O)C2)n1. The number of tetrazole rings is 1. The Balaban J connectivity index is 1.66. The van der Waals surface area contributed by atoms with Gasteiger partial charge < -0.3 is 16.0 Å². The molecule has 1 aromatic carbocycles. The van der Waals surface area contributed by atoms with Crippen LogP contribution in [0.2, 0.25) is 0 Å². The van der Waals surface area contributed by atoms with E-state index in [1.54, 1.807) is 24.1 Å². The lowest BCUT2D eigenvalue weighted by Gasteiger charge is -2.29. The summed E-state index contributed by atoms with van der Waals surface area (Å²) >= 11 is 0. The fourth-order valence-corrected chi connectivity index (χ4v) is 2.67. The summed E-state index contributed by atoms with van der Waals surface area (Å²) in [4.78, 5) is 26.7. The molecule has 23 heavy (non-hydrogen) atoms. The summed E-state index contributed by atoms with van der Waals surface area (Å²) in [5.41, 5.74) is 7.80. The second kappa shape index (κ2) is 6.03. The van der Waals surface area contributed by atoms with E-state index in [-0.39, 0.29) is 12.6 Å². The number of hydrogen-bond acceptors (Lipinski definition) is 5. The van der Waals surface area contributed by atoms with Gasteiger partial charge in [0.15, 0.2) is 5.82 Å². The second-order valence-electron chi connectivity index (χ2n) is 5.33. The molecule has 3 amide bonds. The van der Waals surface area contributed by atoms with Gasteiger partial charge in [-0.25, -0.2) is 4.79 Å². The van der Waals surface area contributed by atoms with Crippen LogP contribution < -0.4 is 11.1 Å². The summed E-state index contributed by atoms with van der Waals surface area (Å²) in [5, 5.41) is 14.3. The van der Waals surface area contributed by atoms with Crippen LogP contribution in [0.25, 0.3) is 0 Å². The first kappa shape index (κ1) is 14.9. The van der Waals surface area contributed by atoms with Crippen LogP contribution in [0.15, 0.2) is 18.2 Å². The van der Waals surface area contributed by atoms with E-state index >= 15 is 0 Å². The summed E-state index contributed by atoms with van der Waals surface area (Å²) in [6.07, 6.45) is 0.602. The number of primary amides is 1. The molecule has 3 N–H and O–H groups in total. The Labute approximate surface area is 132 Å². The number of amides is 3. The van der Waals surface area contributed by atoms with E-state index in [1.807, 2.05) is 6.07 Å². The van der Waals surface area contributed by atoms with Crippen molar-refractivity contribution in [3.63, 3.8) is 0 Å². The van der Waals surface area contributed by atoms with Gasteiger partial charge in [0.05, 0.1) is 13.6 Å². The van der Waals surface area contributed by atoms with Gasteiger partial charge in [-0.05, 0) is 28.8 Å². The molecule has 1 aliphatic heterocycles. The smallest absolute Gasteiger partial charge is 0.318 e. The molecular weight excluding hydrogens is 298 g/mol. The number of aryl methyl sites for hydroxylation is 1. The highest BCUT2D eigenvalue weighted by atomic mass is 16.2. The first-order chi connectivity index (χ1) is 11.0. The lowest BCUT2D eigenvalue weighted by Crippen LogP contribution is -2.43. The quantitative estimate of drug-likeness (QED) is 0.797. The number of carbonyl (C=O) groups excluding carboxylic acids is 2. The van der Waals surface area contributed by atoms with Crippen LogP contribution in [-0.4, -0.2) is 43.6 Å². The minimum atomic E-state index is -0.437. The fourth-order valence-electron chi connectivity index (χ4n) is 2.67. The van der Waals surface area contributed by atoms with Crippen molar-refractivity contribution in [2.45, 2.75) is 19.5 Å². The molecule has 120 valence electrons. The number of carbonyl (C=O) groups is 2. The average Bonchev–Trinajstić information content (AvgIpc) is 2.96. The molecule has 0 saturated heterocycles. The first-order valence-corrected chi connectivity index (χ1v) is 7.21. The predicted octanol–water partition coefficient (Wildman–Crippen LogP) is -0.423. The molecular formula is C14H17N7O2. The molecule has 0 spiro atoms. The second-order valence-corrected chi connectivity index (χ2v) is 5.33. The third-order valence-electron chi connectivity index (χ3n) is 3.77. The van der Waals surface area contributed by atoms with Crippen LogP contribution in [0.5, 0.6) is 0 Å². The van der Waals surface area contributed by atoms with Crippen molar-refractivity contribution >= 4 is 11.9 Å².